The Morgan fingerprint density at radius 2 is 2.12 bits per heavy atom. The van der Waals surface area contributed by atoms with Gasteiger partial charge in [0, 0.05) is 25.5 Å². The molecule has 3 aromatic rings. The molecule has 2 N–H and O–H groups in total. The molecule has 2 atom stereocenters. The van der Waals surface area contributed by atoms with Gasteiger partial charge < -0.3 is 14.7 Å². The van der Waals surface area contributed by atoms with Crippen LogP contribution in [0.5, 0.6) is 0 Å². The molecule has 9 heteroatoms. The molecular weight excluding hydrogens is 336 g/mol. The van der Waals surface area contributed by atoms with Gasteiger partial charge in [-0.3, -0.25) is 14.7 Å². The molecule has 3 heterocycles. The maximum absolute atomic E-state index is 13.0. The van der Waals surface area contributed by atoms with Crippen LogP contribution >= 0.6 is 0 Å². The van der Waals surface area contributed by atoms with Gasteiger partial charge in [0.2, 0.25) is 11.8 Å². The number of hydrogen-bond acceptors (Lipinski definition) is 6. The number of aromatic nitrogens is 4. The third-order valence-electron chi connectivity index (χ3n) is 4.72. The SMILES string of the molecule is CNC(=O)[C@@H]1CN(C(=O)c2n[nH]c3ccccc23)C[C@H]1c1nc(C)no1. The number of fused-ring (bicyclic) bond motifs is 1. The molecule has 0 aliphatic carbocycles. The maximum Gasteiger partial charge on any atom is 0.275 e. The number of likely N-dealkylation sites (tertiary alicyclic amines) is 1. The van der Waals surface area contributed by atoms with Crippen LogP contribution in [0.3, 0.4) is 0 Å². The molecule has 0 saturated carbocycles. The number of carbonyl (C=O) groups is 2. The quantitative estimate of drug-likeness (QED) is 0.720. The number of nitrogens with one attached hydrogen (secondary N) is 2. The van der Waals surface area contributed by atoms with Crippen LogP contribution in [-0.4, -0.2) is 57.2 Å². The fraction of sp³-hybridized carbons (Fsp3) is 0.353. The van der Waals surface area contributed by atoms with Crippen LogP contribution in [0, 0.1) is 12.8 Å². The Balaban J connectivity index is 1.65. The van der Waals surface area contributed by atoms with E-state index in [0.29, 0.717) is 24.0 Å². The topological polar surface area (TPSA) is 117 Å². The van der Waals surface area contributed by atoms with Gasteiger partial charge in [0.25, 0.3) is 5.91 Å². The average Bonchev–Trinajstić information content (AvgIpc) is 3.37. The lowest BCUT2D eigenvalue weighted by molar-refractivity contribution is -0.124. The summed E-state index contributed by atoms with van der Waals surface area (Å²) in [6, 6.07) is 7.44. The van der Waals surface area contributed by atoms with Crippen molar-refractivity contribution < 1.29 is 14.1 Å². The Kier molecular flexibility index (Phi) is 3.90. The number of nitrogens with zero attached hydrogens (tertiary/aromatic N) is 4. The van der Waals surface area contributed by atoms with Crippen molar-refractivity contribution >= 4 is 22.7 Å². The number of H-pyrrole nitrogens is 1. The van der Waals surface area contributed by atoms with Gasteiger partial charge in [0.15, 0.2) is 11.5 Å². The molecule has 0 radical (unpaired) electrons. The fourth-order valence-corrected chi connectivity index (χ4v) is 3.41. The van der Waals surface area contributed by atoms with E-state index >= 15 is 0 Å². The van der Waals surface area contributed by atoms with Crippen LogP contribution < -0.4 is 5.32 Å². The predicted octanol–water partition coefficient (Wildman–Crippen LogP) is 0.856. The van der Waals surface area contributed by atoms with Gasteiger partial charge in [0.05, 0.1) is 17.4 Å². The highest BCUT2D eigenvalue weighted by atomic mass is 16.5. The molecule has 26 heavy (non-hydrogen) atoms. The van der Waals surface area contributed by atoms with Crippen LogP contribution in [-0.2, 0) is 4.79 Å². The van der Waals surface area contributed by atoms with Crippen molar-refractivity contribution in [1.82, 2.24) is 30.6 Å². The first kappa shape index (κ1) is 16.2. The summed E-state index contributed by atoms with van der Waals surface area (Å²) < 4.78 is 5.26. The number of carbonyl (C=O) groups excluding carboxylic acids is 2. The van der Waals surface area contributed by atoms with Gasteiger partial charge >= 0.3 is 0 Å². The van der Waals surface area contributed by atoms with Crippen molar-refractivity contribution in [2.75, 3.05) is 20.1 Å². The summed E-state index contributed by atoms with van der Waals surface area (Å²) in [5, 5.41) is 14.2. The lowest BCUT2D eigenvalue weighted by Crippen LogP contribution is -2.33. The van der Waals surface area contributed by atoms with Crippen LogP contribution in [0.4, 0.5) is 0 Å². The summed E-state index contributed by atoms with van der Waals surface area (Å²) in [5.74, 6) is -0.306. The van der Waals surface area contributed by atoms with Gasteiger partial charge in [-0.05, 0) is 13.0 Å². The lowest BCUT2D eigenvalue weighted by atomic mass is 9.95. The third kappa shape index (κ3) is 2.61. The second-order valence-corrected chi connectivity index (χ2v) is 6.33. The highest BCUT2D eigenvalue weighted by molar-refractivity contribution is 6.05. The minimum absolute atomic E-state index is 0.159. The molecule has 0 spiro atoms. The Bertz CT molecular complexity index is 978. The smallest absolute Gasteiger partial charge is 0.275 e. The molecule has 0 bridgehead atoms. The Hall–Kier alpha value is -3.23. The van der Waals surface area contributed by atoms with Gasteiger partial charge in [-0.1, -0.05) is 23.4 Å². The second-order valence-electron chi connectivity index (χ2n) is 6.33. The van der Waals surface area contributed by atoms with E-state index in [0.717, 1.165) is 10.9 Å². The molecule has 0 unspecified atom stereocenters. The van der Waals surface area contributed by atoms with E-state index < -0.39 is 5.92 Å². The van der Waals surface area contributed by atoms with Gasteiger partial charge in [0.1, 0.15) is 0 Å². The first-order chi connectivity index (χ1) is 12.6. The zero-order valence-corrected chi connectivity index (χ0v) is 14.4. The largest absolute Gasteiger partial charge is 0.359 e. The number of rotatable bonds is 3. The lowest BCUT2D eigenvalue weighted by Gasteiger charge is -2.14. The minimum Gasteiger partial charge on any atom is -0.359 e. The summed E-state index contributed by atoms with van der Waals surface area (Å²) in [7, 11) is 1.57. The van der Waals surface area contributed by atoms with E-state index in [4.69, 9.17) is 4.52 Å². The molecule has 9 nitrogen and oxygen atoms in total. The standard InChI is InChI=1S/C17H18N6O3/c1-9-19-16(26-22-9)12-8-23(7-11(12)15(24)18-2)17(25)14-10-5-3-4-6-13(10)20-21-14/h3-6,11-12H,7-8H2,1-2H3,(H,18,24)(H,20,21)/t11-,12-/m1/s1. The molecule has 4 rings (SSSR count). The molecule has 1 aromatic carbocycles. The fourth-order valence-electron chi connectivity index (χ4n) is 3.41. The Morgan fingerprint density at radius 1 is 1.31 bits per heavy atom. The van der Waals surface area contributed by atoms with Crippen molar-refractivity contribution in [2.24, 2.45) is 5.92 Å². The van der Waals surface area contributed by atoms with Gasteiger partial charge in [-0.15, -0.1) is 0 Å². The number of amides is 2. The molecule has 2 amide bonds. The molecule has 134 valence electrons. The zero-order chi connectivity index (χ0) is 18.3. The number of benzene rings is 1. The minimum atomic E-state index is -0.450. The van der Waals surface area contributed by atoms with E-state index in [1.165, 1.54) is 0 Å². The van der Waals surface area contributed by atoms with Crippen LogP contribution in [0.2, 0.25) is 0 Å². The maximum atomic E-state index is 13.0. The van der Waals surface area contributed by atoms with Gasteiger partial charge in [-0.25, -0.2) is 0 Å². The number of hydrogen-bond donors (Lipinski definition) is 2. The van der Waals surface area contributed by atoms with E-state index in [9.17, 15) is 9.59 Å². The number of aryl methyl sites for hydroxylation is 1. The van der Waals surface area contributed by atoms with E-state index in [2.05, 4.69) is 25.7 Å². The van der Waals surface area contributed by atoms with E-state index in [-0.39, 0.29) is 24.3 Å². The Morgan fingerprint density at radius 3 is 2.85 bits per heavy atom. The molecular formula is C17H18N6O3. The summed E-state index contributed by atoms with van der Waals surface area (Å²) >= 11 is 0. The number of aromatic amines is 1. The molecule has 1 aliphatic heterocycles. The highest BCUT2D eigenvalue weighted by Gasteiger charge is 2.43. The summed E-state index contributed by atoms with van der Waals surface area (Å²) in [4.78, 5) is 31.2. The molecule has 2 aromatic heterocycles. The summed E-state index contributed by atoms with van der Waals surface area (Å²) in [5.41, 5.74) is 1.14. The Labute approximate surface area is 148 Å². The van der Waals surface area contributed by atoms with Gasteiger partial charge in [-0.2, -0.15) is 10.1 Å². The second kappa shape index (κ2) is 6.25. The molecule has 1 fully saturated rings. The van der Waals surface area contributed by atoms with Crippen LogP contribution in [0.1, 0.15) is 28.1 Å². The van der Waals surface area contributed by atoms with E-state index in [1.807, 2.05) is 24.3 Å². The highest BCUT2D eigenvalue weighted by Crippen LogP contribution is 2.33. The average molecular weight is 354 g/mol. The third-order valence-corrected chi connectivity index (χ3v) is 4.72. The zero-order valence-electron chi connectivity index (χ0n) is 14.4. The van der Waals surface area contributed by atoms with Crippen molar-refractivity contribution in [2.45, 2.75) is 12.8 Å². The van der Waals surface area contributed by atoms with Crippen LogP contribution in [0.15, 0.2) is 28.8 Å². The number of para-hydroxylation sites is 1. The molecule has 1 aliphatic rings. The normalized spacial score (nSPS) is 19.8. The van der Waals surface area contributed by atoms with E-state index in [1.54, 1.807) is 18.9 Å². The summed E-state index contributed by atoms with van der Waals surface area (Å²) in [6.45, 7) is 2.31. The van der Waals surface area contributed by atoms with Crippen molar-refractivity contribution in [1.29, 1.82) is 0 Å². The van der Waals surface area contributed by atoms with Crippen molar-refractivity contribution in [3.05, 3.63) is 41.7 Å². The van der Waals surface area contributed by atoms with Crippen LogP contribution in [0.25, 0.3) is 10.9 Å². The van der Waals surface area contributed by atoms with Crippen molar-refractivity contribution in [3.63, 3.8) is 0 Å². The van der Waals surface area contributed by atoms with Crippen molar-refractivity contribution in [3.8, 4) is 0 Å². The first-order valence-electron chi connectivity index (χ1n) is 8.32. The molecule has 1 saturated heterocycles. The predicted molar refractivity (Wildman–Crippen MR) is 91.3 cm³/mol. The summed E-state index contributed by atoms with van der Waals surface area (Å²) in [6.07, 6.45) is 0. The monoisotopic (exact) mass is 354 g/mol. The first-order valence-corrected chi connectivity index (χ1v) is 8.32.